The van der Waals surface area contributed by atoms with Gasteiger partial charge in [-0.2, -0.15) is 0 Å². The molecule has 18 heteroatoms. The van der Waals surface area contributed by atoms with Crippen molar-refractivity contribution in [1.82, 2.24) is 35.5 Å². The van der Waals surface area contributed by atoms with Gasteiger partial charge in [-0.15, -0.1) is 0 Å². The molecule has 0 spiro atoms. The summed E-state index contributed by atoms with van der Waals surface area (Å²) in [6.45, 7) is 0.822. The molecule has 1 aromatic carbocycles. The lowest BCUT2D eigenvalue weighted by Gasteiger charge is -2.18. The summed E-state index contributed by atoms with van der Waals surface area (Å²) < 4.78 is 12.3. The Balaban J connectivity index is 1.29. The molecule has 4 rings (SSSR count). The molecule has 2 aromatic heterocycles. The van der Waals surface area contributed by atoms with Crippen LogP contribution in [0.4, 0.5) is 10.6 Å². The number of primary amides is 1. The van der Waals surface area contributed by atoms with Crippen molar-refractivity contribution in [3.8, 4) is 5.75 Å². The molecule has 242 valence electrons. The number of ether oxygens (including phenoxy) is 2. The van der Waals surface area contributed by atoms with E-state index in [1.54, 1.807) is 31.2 Å². The summed E-state index contributed by atoms with van der Waals surface area (Å²) in [5.41, 5.74) is 6.59. The van der Waals surface area contributed by atoms with Gasteiger partial charge in [-0.3, -0.25) is 19.0 Å². The number of aliphatic hydroxyl groups is 2. The molecule has 45 heavy (non-hydrogen) atoms. The maximum absolute atomic E-state index is 12.3. The Morgan fingerprint density at radius 3 is 2.53 bits per heavy atom. The molecule has 0 saturated carbocycles. The minimum atomic E-state index is -1.44. The fraction of sp³-hybridized carbons (Fsp3) is 0.444. The van der Waals surface area contributed by atoms with Crippen molar-refractivity contribution in [1.29, 1.82) is 0 Å². The molecule has 1 aliphatic rings. The van der Waals surface area contributed by atoms with E-state index >= 15 is 0 Å². The van der Waals surface area contributed by atoms with E-state index in [9.17, 15) is 34.5 Å². The number of nitrogens with two attached hydrogens (primary N) is 1. The number of hydrogen-bond donors (Lipinski definition) is 8. The van der Waals surface area contributed by atoms with Gasteiger partial charge >= 0.3 is 6.09 Å². The SMILES string of the molecule is CCCC(NC(=O)CNC(=O)OCC1OC(n2cnc3c(NCc4ccc(O)cc4)ncnc32)C(O)C1O)C(=O)NCC(N)=O. The third-order valence-corrected chi connectivity index (χ3v) is 6.80. The van der Waals surface area contributed by atoms with Crippen LogP contribution in [0.15, 0.2) is 36.9 Å². The molecule has 0 aliphatic carbocycles. The number of nitrogens with one attached hydrogen (secondary N) is 4. The number of rotatable bonds is 14. The van der Waals surface area contributed by atoms with Crippen molar-refractivity contribution in [3.63, 3.8) is 0 Å². The highest BCUT2D eigenvalue weighted by atomic mass is 16.6. The minimum Gasteiger partial charge on any atom is -0.508 e. The Hall–Kier alpha value is -5.07. The van der Waals surface area contributed by atoms with Gasteiger partial charge in [-0.05, 0) is 24.1 Å². The zero-order chi connectivity index (χ0) is 32.5. The normalized spacial score (nSPS) is 19.9. The molecule has 0 bridgehead atoms. The number of phenolic OH excluding ortho intramolecular Hbond substituents is 1. The smallest absolute Gasteiger partial charge is 0.407 e. The summed E-state index contributed by atoms with van der Waals surface area (Å²) in [5.74, 6) is -1.45. The number of anilines is 1. The van der Waals surface area contributed by atoms with Crippen LogP contribution in [0.2, 0.25) is 0 Å². The average molecular weight is 630 g/mol. The second-order valence-electron chi connectivity index (χ2n) is 10.2. The van der Waals surface area contributed by atoms with Crippen LogP contribution in [-0.4, -0.2) is 103 Å². The molecule has 1 saturated heterocycles. The third kappa shape index (κ3) is 8.52. The number of phenols is 1. The van der Waals surface area contributed by atoms with E-state index in [4.69, 9.17) is 15.2 Å². The number of imidazole rings is 1. The van der Waals surface area contributed by atoms with E-state index in [0.717, 1.165) is 5.56 Å². The third-order valence-electron chi connectivity index (χ3n) is 6.80. The quantitative estimate of drug-likeness (QED) is 0.0997. The lowest BCUT2D eigenvalue weighted by molar-refractivity contribution is -0.129. The number of nitrogens with zero attached hydrogens (tertiary/aromatic N) is 4. The van der Waals surface area contributed by atoms with Gasteiger partial charge < -0.3 is 51.8 Å². The molecule has 1 fully saturated rings. The molecule has 3 heterocycles. The minimum absolute atomic E-state index is 0.148. The molecule has 5 atom stereocenters. The van der Waals surface area contributed by atoms with E-state index in [0.29, 0.717) is 29.9 Å². The van der Waals surface area contributed by atoms with Gasteiger partial charge in [0, 0.05) is 6.54 Å². The number of aromatic nitrogens is 4. The number of aromatic hydroxyl groups is 1. The van der Waals surface area contributed by atoms with Crippen molar-refractivity contribution in [3.05, 3.63) is 42.5 Å². The Morgan fingerprint density at radius 1 is 1.07 bits per heavy atom. The van der Waals surface area contributed by atoms with E-state index in [-0.39, 0.29) is 18.7 Å². The van der Waals surface area contributed by atoms with E-state index in [1.165, 1.54) is 17.2 Å². The summed E-state index contributed by atoms with van der Waals surface area (Å²) in [6, 6.07) is 5.69. The Kier molecular flexibility index (Phi) is 11.0. The van der Waals surface area contributed by atoms with Crippen molar-refractivity contribution >= 4 is 40.8 Å². The molecule has 18 nitrogen and oxygen atoms in total. The number of aliphatic hydroxyl groups excluding tert-OH is 2. The number of fused-ring (bicyclic) bond motifs is 1. The highest BCUT2D eigenvalue weighted by molar-refractivity contribution is 5.91. The maximum atomic E-state index is 12.3. The lowest BCUT2D eigenvalue weighted by atomic mass is 10.1. The maximum Gasteiger partial charge on any atom is 0.407 e. The van der Waals surface area contributed by atoms with Crippen LogP contribution < -0.4 is 27.0 Å². The molecule has 9 N–H and O–H groups in total. The monoisotopic (exact) mass is 629 g/mol. The van der Waals surface area contributed by atoms with Gasteiger partial charge in [0.05, 0.1) is 12.9 Å². The van der Waals surface area contributed by atoms with Crippen molar-refractivity contribution in [2.45, 2.75) is 56.9 Å². The van der Waals surface area contributed by atoms with Crippen LogP contribution >= 0.6 is 0 Å². The molecule has 1 aliphatic heterocycles. The first-order valence-electron chi connectivity index (χ1n) is 14.0. The van der Waals surface area contributed by atoms with Gasteiger partial charge in [0.25, 0.3) is 0 Å². The standard InChI is InChI=1S/C27H35N9O9/c1-2-3-16(25(42)30-9-18(28)38)35-19(39)10-31-27(43)44-11-17-21(40)22(41)26(45-17)36-13-34-20-23(32-12-33-24(20)36)29-8-14-4-6-15(37)7-5-14/h4-7,12-13,16-17,21-22,26,37,40-41H,2-3,8-11H2,1H3,(H2,28,38)(H,30,42)(H,31,43)(H,35,39)(H,29,32,33). The topological polar surface area (TPSA) is 265 Å². The van der Waals surface area contributed by atoms with E-state index < -0.39 is 67.5 Å². The molecular weight excluding hydrogens is 594 g/mol. The molecule has 4 amide bonds. The first-order chi connectivity index (χ1) is 21.6. The Bertz CT molecular complexity index is 1500. The fourth-order valence-corrected chi connectivity index (χ4v) is 4.53. The highest BCUT2D eigenvalue weighted by Crippen LogP contribution is 2.32. The van der Waals surface area contributed by atoms with Crippen molar-refractivity contribution in [2.24, 2.45) is 5.73 Å². The first kappa shape index (κ1) is 32.8. The second kappa shape index (κ2) is 15.1. The van der Waals surface area contributed by atoms with Gasteiger partial charge in [-0.25, -0.2) is 19.7 Å². The first-order valence-corrected chi connectivity index (χ1v) is 14.0. The summed E-state index contributed by atoms with van der Waals surface area (Å²) in [6.07, 6.45) is -2.59. The number of carbonyl (C=O) groups is 4. The average Bonchev–Trinajstić information content (AvgIpc) is 3.57. The number of benzene rings is 1. The Labute approximate surface area is 256 Å². The highest BCUT2D eigenvalue weighted by Gasteiger charge is 2.45. The van der Waals surface area contributed by atoms with E-state index in [1.807, 2.05) is 0 Å². The number of carbonyl (C=O) groups excluding carboxylic acids is 4. The zero-order valence-corrected chi connectivity index (χ0v) is 24.3. The lowest BCUT2D eigenvalue weighted by Crippen LogP contribution is -2.50. The van der Waals surface area contributed by atoms with Gasteiger partial charge in [-0.1, -0.05) is 25.5 Å². The van der Waals surface area contributed by atoms with Gasteiger partial charge in [0.15, 0.2) is 23.2 Å². The molecular formula is C27H35N9O9. The van der Waals surface area contributed by atoms with Crippen LogP contribution in [0.5, 0.6) is 5.75 Å². The predicted octanol–water partition coefficient (Wildman–Crippen LogP) is -1.62. The number of amides is 4. The van der Waals surface area contributed by atoms with Crippen molar-refractivity contribution < 1.29 is 44.0 Å². The largest absolute Gasteiger partial charge is 0.508 e. The number of alkyl carbamates (subject to hydrolysis) is 1. The molecule has 0 radical (unpaired) electrons. The van der Waals surface area contributed by atoms with Crippen LogP contribution in [0.25, 0.3) is 11.2 Å². The van der Waals surface area contributed by atoms with Crippen LogP contribution in [-0.2, 0) is 30.4 Å². The van der Waals surface area contributed by atoms with Crippen LogP contribution in [0, 0.1) is 0 Å². The van der Waals surface area contributed by atoms with Crippen molar-refractivity contribution in [2.75, 3.05) is 25.0 Å². The molecule has 5 unspecified atom stereocenters. The van der Waals surface area contributed by atoms with Gasteiger partial charge in [0.2, 0.25) is 17.7 Å². The Morgan fingerprint density at radius 2 is 1.82 bits per heavy atom. The van der Waals surface area contributed by atoms with Crippen LogP contribution in [0.1, 0.15) is 31.6 Å². The second-order valence-corrected chi connectivity index (χ2v) is 10.2. The van der Waals surface area contributed by atoms with Crippen LogP contribution in [0.3, 0.4) is 0 Å². The fourth-order valence-electron chi connectivity index (χ4n) is 4.53. The summed E-state index contributed by atoms with van der Waals surface area (Å²) in [4.78, 5) is 60.4. The predicted molar refractivity (Wildman–Crippen MR) is 155 cm³/mol. The number of hydrogen-bond acceptors (Lipinski definition) is 13. The van der Waals surface area contributed by atoms with Gasteiger partial charge in [0.1, 0.15) is 49.6 Å². The zero-order valence-electron chi connectivity index (χ0n) is 24.3. The summed E-state index contributed by atoms with van der Waals surface area (Å²) >= 11 is 0. The summed E-state index contributed by atoms with van der Waals surface area (Å²) in [5, 5.41) is 40.9. The van der Waals surface area contributed by atoms with E-state index in [2.05, 4.69) is 36.2 Å². The summed E-state index contributed by atoms with van der Waals surface area (Å²) in [7, 11) is 0. The molecule has 3 aromatic rings.